The average molecular weight is 388 g/mol. The molecule has 1 atom stereocenters. The van der Waals surface area contributed by atoms with Gasteiger partial charge in [0.1, 0.15) is 23.0 Å². The third-order valence-corrected chi connectivity index (χ3v) is 3.75. The van der Waals surface area contributed by atoms with Crippen LogP contribution in [0.25, 0.3) is 0 Å². The number of methoxy groups -OCH3 is 2. The Hall–Kier alpha value is -3.42. The molecular weight excluding hydrogens is 364 g/mol. The lowest BCUT2D eigenvalue weighted by Gasteiger charge is -2.14. The van der Waals surface area contributed by atoms with Crippen LogP contribution in [0.15, 0.2) is 48.5 Å². The average Bonchev–Trinajstić information content (AvgIpc) is 2.69. The second kappa shape index (κ2) is 10.7. The van der Waals surface area contributed by atoms with Crippen molar-refractivity contribution in [3.63, 3.8) is 0 Å². The largest absolute Gasteiger partial charge is 0.497 e. The molecule has 2 amide bonds. The number of carbonyl (C=O) groups excluding carboxylic acids is 2. The van der Waals surface area contributed by atoms with Crippen molar-refractivity contribution >= 4 is 12.2 Å². The van der Waals surface area contributed by atoms with E-state index in [4.69, 9.17) is 18.9 Å². The van der Waals surface area contributed by atoms with Gasteiger partial charge in [-0.05, 0) is 61.9 Å². The highest BCUT2D eigenvalue weighted by Gasteiger charge is 2.11. The molecule has 0 saturated heterocycles. The first-order valence-electron chi connectivity index (χ1n) is 8.72. The highest BCUT2D eigenvalue weighted by atomic mass is 16.6. The summed E-state index contributed by atoms with van der Waals surface area (Å²) in [6.07, 6.45) is -0.633. The summed E-state index contributed by atoms with van der Waals surface area (Å²) < 4.78 is 20.4. The molecular formula is C20H24N2O6. The van der Waals surface area contributed by atoms with E-state index in [2.05, 4.69) is 10.6 Å². The smallest absolute Gasteiger partial charge is 0.412 e. The Morgan fingerprint density at radius 3 is 1.68 bits per heavy atom. The summed E-state index contributed by atoms with van der Waals surface area (Å²) in [5, 5.41) is 5.32. The maximum absolute atomic E-state index is 11.9. The standard InChI is InChI=1S/C20H24N2O6/c1-14(22-20(24)28-18-10-6-16(26-3)7-11-18)12-13-21-19(23)27-17-8-4-15(25-2)5-9-17/h4-11,14H,12-13H2,1-3H3,(H,21,23)(H,22,24). The second-order valence-corrected chi connectivity index (χ2v) is 5.89. The molecule has 8 heteroatoms. The van der Waals surface area contributed by atoms with Crippen LogP contribution in [0.4, 0.5) is 9.59 Å². The Morgan fingerprint density at radius 2 is 1.21 bits per heavy atom. The van der Waals surface area contributed by atoms with E-state index in [1.54, 1.807) is 62.8 Å². The fourth-order valence-electron chi connectivity index (χ4n) is 2.23. The van der Waals surface area contributed by atoms with Crippen LogP contribution in [-0.2, 0) is 0 Å². The third-order valence-electron chi connectivity index (χ3n) is 3.75. The van der Waals surface area contributed by atoms with Gasteiger partial charge in [-0.1, -0.05) is 0 Å². The molecule has 0 fully saturated rings. The molecule has 0 aromatic heterocycles. The molecule has 0 spiro atoms. The minimum Gasteiger partial charge on any atom is -0.497 e. The van der Waals surface area contributed by atoms with E-state index in [1.807, 2.05) is 6.92 Å². The molecule has 0 aliphatic heterocycles. The fourth-order valence-corrected chi connectivity index (χ4v) is 2.23. The van der Waals surface area contributed by atoms with Crippen LogP contribution in [0, 0.1) is 0 Å². The molecule has 0 bridgehead atoms. The number of nitrogens with one attached hydrogen (secondary N) is 2. The highest BCUT2D eigenvalue weighted by Crippen LogP contribution is 2.18. The molecule has 0 radical (unpaired) electrons. The van der Waals surface area contributed by atoms with E-state index < -0.39 is 12.2 Å². The number of carbonyl (C=O) groups is 2. The Kier molecular flexibility index (Phi) is 7.95. The van der Waals surface area contributed by atoms with Gasteiger partial charge in [-0.25, -0.2) is 9.59 Å². The van der Waals surface area contributed by atoms with E-state index in [0.717, 1.165) is 0 Å². The van der Waals surface area contributed by atoms with Crippen molar-refractivity contribution < 1.29 is 28.5 Å². The van der Waals surface area contributed by atoms with Gasteiger partial charge >= 0.3 is 12.2 Å². The molecule has 2 aromatic rings. The zero-order valence-electron chi connectivity index (χ0n) is 16.1. The monoisotopic (exact) mass is 388 g/mol. The number of hydrogen-bond donors (Lipinski definition) is 2. The molecule has 0 heterocycles. The van der Waals surface area contributed by atoms with Crippen LogP contribution >= 0.6 is 0 Å². The van der Waals surface area contributed by atoms with Crippen LogP contribution in [0.2, 0.25) is 0 Å². The van der Waals surface area contributed by atoms with Gasteiger partial charge in [0.2, 0.25) is 0 Å². The van der Waals surface area contributed by atoms with Gasteiger partial charge in [-0.15, -0.1) is 0 Å². The first kappa shape index (κ1) is 20.9. The Balaban J connectivity index is 1.65. The molecule has 0 aliphatic carbocycles. The third kappa shape index (κ3) is 7.06. The van der Waals surface area contributed by atoms with Gasteiger partial charge in [0.05, 0.1) is 14.2 Å². The van der Waals surface area contributed by atoms with Gasteiger partial charge in [0.25, 0.3) is 0 Å². The van der Waals surface area contributed by atoms with E-state index in [9.17, 15) is 9.59 Å². The number of benzene rings is 2. The van der Waals surface area contributed by atoms with Gasteiger partial charge in [-0.3, -0.25) is 0 Å². The summed E-state index contributed by atoms with van der Waals surface area (Å²) in [6.45, 7) is 2.14. The fraction of sp³-hybridized carbons (Fsp3) is 0.300. The van der Waals surface area contributed by atoms with E-state index in [-0.39, 0.29) is 6.04 Å². The lowest BCUT2D eigenvalue weighted by molar-refractivity contribution is 0.195. The molecule has 150 valence electrons. The van der Waals surface area contributed by atoms with E-state index in [0.29, 0.717) is 36.0 Å². The van der Waals surface area contributed by atoms with Gasteiger partial charge in [-0.2, -0.15) is 0 Å². The first-order valence-corrected chi connectivity index (χ1v) is 8.72. The van der Waals surface area contributed by atoms with Crippen LogP contribution in [0.1, 0.15) is 13.3 Å². The molecule has 2 aromatic carbocycles. The summed E-state index contributed by atoms with van der Waals surface area (Å²) in [4.78, 5) is 23.7. The van der Waals surface area contributed by atoms with Crippen molar-refractivity contribution in [2.75, 3.05) is 20.8 Å². The zero-order valence-corrected chi connectivity index (χ0v) is 16.1. The lowest BCUT2D eigenvalue weighted by atomic mass is 10.2. The first-order chi connectivity index (χ1) is 13.5. The molecule has 8 nitrogen and oxygen atoms in total. The molecule has 1 unspecified atom stereocenters. The van der Waals surface area contributed by atoms with Crippen molar-refractivity contribution in [1.29, 1.82) is 0 Å². The molecule has 0 saturated carbocycles. The van der Waals surface area contributed by atoms with Crippen LogP contribution in [0.3, 0.4) is 0 Å². The summed E-state index contributed by atoms with van der Waals surface area (Å²) in [7, 11) is 3.12. The van der Waals surface area contributed by atoms with E-state index in [1.165, 1.54) is 0 Å². The lowest BCUT2D eigenvalue weighted by Crippen LogP contribution is -2.38. The Labute approximate surface area is 163 Å². The normalized spacial score (nSPS) is 11.1. The second-order valence-electron chi connectivity index (χ2n) is 5.89. The van der Waals surface area contributed by atoms with Crippen molar-refractivity contribution in [2.45, 2.75) is 19.4 Å². The number of ether oxygens (including phenoxy) is 4. The molecule has 0 aliphatic rings. The van der Waals surface area contributed by atoms with Crippen molar-refractivity contribution in [3.05, 3.63) is 48.5 Å². The molecule has 28 heavy (non-hydrogen) atoms. The van der Waals surface area contributed by atoms with Crippen molar-refractivity contribution in [3.8, 4) is 23.0 Å². The predicted molar refractivity (Wildman–Crippen MR) is 103 cm³/mol. The van der Waals surface area contributed by atoms with Crippen LogP contribution in [0.5, 0.6) is 23.0 Å². The minimum absolute atomic E-state index is 0.202. The topological polar surface area (TPSA) is 95.1 Å². The van der Waals surface area contributed by atoms with Gasteiger partial charge < -0.3 is 29.6 Å². The van der Waals surface area contributed by atoms with Crippen molar-refractivity contribution in [1.82, 2.24) is 10.6 Å². The quantitative estimate of drug-likeness (QED) is 0.720. The summed E-state index contributed by atoms with van der Waals surface area (Å²) in [5.74, 6) is 2.17. The molecule has 2 rings (SSSR count). The molecule has 2 N–H and O–H groups in total. The van der Waals surface area contributed by atoms with Gasteiger partial charge in [0.15, 0.2) is 0 Å². The van der Waals surface area contributed by atoms with Crippen LogP contribution < -0.4 is 29.6 Å². The Morgan fingerprint density at radius 1 is 0.786 bits per heavy atom. The van der Waals surface area contributed by atoms with E-state index >= 15 is 0 Å². The highest BCUT2D eigenvalue weighted by molar-refractivity contribution is 5.71. The predicted octanol–water partition coefficient (Wildman–Crippen LogP) is 3.36. The maximum atomic E-state index is 11.9. The Bertz CT molecular complexity index is 761. The maximum Gasteiger partial charge on any atom is 0.412 e. The number of rotatable bonds is 8. The summed E-state index contributed by atoms with van der Waals surface area (Å²) >= 11 is 0. The SMILES string of the molecule is COc1ccc(OC(=O)NCCC(C)NC(=O)Oc2ccc(OC)cc2)cc1. The van der Waals surface area contributed by atoms with Crippen molar-refractivity contribution in [2.24, 2.45) is 0 Å². The minimum atomic E-state index is -0.571. The summed E-state index contributed by atoms with van der Waals surface area (Å²) in [6, 6.07) is 13.1. The number of hydrogen-bond acceptors (Lipinski definition) is 6. The van der Waals surface area contributed by atoms with Gasteiger partial charge in [0, 0.05) is 12.6 Å². The summed E-state index contributed by atoms with van der Waals surface area (Å²) in [5.41, 5.74) is 0. The van der Waals surface area contributed by atoms with Crippen LogP contribution in [-0.4, -0.2) is 39.0 Å². The zero-order chi connectivity index (χ0) is 20.4. The number of amides is 2.